The highest BCUT2D eigenvalue weighted by molar-refractivity contribution is 5.85. The molecule has 2 aromatic heterocycles. The van der Waals surface area contributed by atoms with Crippen LogP contribution in [0.4, 0.5) is 4.79 Å². The Morgan fingerprint density at radius 3 is 2.25 bits per heavy atom. The van der Waals surface area contributed by atoms with E-state index >= 15 is 0 Å². The summed E-state index contributed by atoms with van der Waals surface area (Å²) in [6, 6.07) is -1.37. The number of hydrogen-bond acceptors (Lipinski definition) is 9. The Kier molecular flexibility index (Phi) is 6.71. The van der Waals surface area contributed by atoms with Crippen LogP contribution in [0.2, 0.25) is 0 Å². The van der Waals surface area contributed by atoms with E-state index in [1.54, 1.807) is 41.5 Å². The number of ether oxygens (including phenoxy) is 1. The number of amides is 2. The van der Waals surface area contributed by atoms with Crippen molar-refractivity contribution in [1.29, 1.82) is 0 Å². The molecule has 0 unspecified atom stereocenters. The predicted octanol–water partition coefficient (Wildman–Crippen LogP) is 1.77. The fourth-order valence-corrected chi connectivity index (χ4v) is 2.29. The van der Waals surface area contributed by atoms with Gasteiger partial charge in [0.2, 0.25) is 17.7 Å². The van der Waals surface area contributed by atoms with E-state index < -0.39 is 29.7 Å². The van der Waals surface area contributed by atoms with E-state index in [4.69, 9.17) is 13.8 Å². The van der Waals surface area contributed by atoms with Gasteiger partial charge in [-0.25, -0.2) is 4.79 Å². The molecule has 11 heteroatoms. The average molecular weight is 394 g/mol. The maximum absolute atomic E-state index is 12.5. The van der Waals surface area contributed by atoms with Gasteiger partial charge in [-0.2, -0.15) is 9.97 Å². The van der Waals surface area contributed by atoms with Gasteiger partial charge in [0.1, 0.15) is 11.6 Å². The molecular weight excluding hydrogens is 368 g/mol. The van der Waals surface area contributed by atoms with Crippen molar-refractivity contribution in [1.82, 2.24) is 30.9 Å². The quantitative estimate of drug-likeness (QED) is 0.717. The molecule has 0 saturated heterocycles. The van der Waals surface area contributed by atoms with Crippen LogP contribution >= 0.6 is 0 Å². The predicted molar refractivity (Wildman–Crippen MR) is 96.1 cm³/mol. The van der Waals surface area contributed by atoms with Crippen LogP contribution in [0.3, 0.4) is 0 Å². The van der Waals surface area contributed by atoms with Gasteiger partial charge in [-0.1, -0.05) is 10.3 Å². The Morgan fingerprint density at radius 2 is 1.71 bits per heavy atom. The van der Waals surface area contributed by atoms with Crippen LogP contribution in [0.1, 0.15) is 63.6 Å². The summed E-state index contributed by atoms with van der Waals surface area (Å²) in [5.41, 5.74) is -0.659. The van der Waals surface area contributed by atoms with Crippen LogP contribution in [-0.4, -0.2) is 43.9 Å². The van der Waals surface area contributed by atoms with E-state index in [0.717, 1.165) is 0 Å². The molecule has 0 saturated carbocycles. The Labute approximate surface area is 162 Å². The van der Waals surface area contributed by atoms with E-state index in [-0.39, 0.29) is 0 Å². The van der Waals surface area contributed by atoms with Crippen molar-refractivity contribution in [2.75, 3.05) is 0 Å². The minimum absolute atomic E-state index is 0.329. The first-order chi connectivity index (χ1) is 13.0. The highest BCUT2D eigenvalue weighted by Gasteiger charge is 2.25. The first kappa shape index (κ1) is 21.3. The van der Waals surface area contributed by atoms with Gasteiger partial charge in [0.05, 0.1) is 6.04 Å². The zero-order valence-electron chi connectivity index (χ0n) is 16.9. The molecule has 0 bridgehead atoms. The van der Waals surface area contributed by atoms with Gasteiger partial charge in [-0.15, -0.1) is 0 Å². The number of carbonyl (C=O) groups excluding carboxylic acids is 2. The standard InChI is InChI=1S/C17H26N6O5/c1-9(18-16(25)26-17(4,5)6)15(24)21-12(14-20-11(3)28-23-14)7-8-13-19-10(2)27-22-13/h9,12H,7-8H2,1-6H3,(H,18,25)(H,21,24)/t9-,12+/m0/s1. The number of nitrogens with zero attached hydrogens (tertiary/aromatic N) is 4. The van der Waals surface area contributed by atoms with E-state index in [1.165, 1.54) is 0 Å². The van der Waals surface area contributed by atoms with Gasteiger partial charge >= 0.3 is 6.09 Å². The molecule has 2 aromatic rings. The largest absolute Gasteiger partial charge is 0.444 e. The fraction of sp³-hybridized carbons (Fsp3) is 0.647. The van der Waals surface area contributed by atoms with Crippen molar-refractivity contribution < 1.29 is 23.4 Å². The molecule has 28 heavy (non-hydrogen) atoms. The van der Waals surface area contributed by atoms with Crippen LogP contribution in [0.15, 0.2) is 9.05 Å². The van der Waals surface area contributed by atoms with Crippen LogP contribution in [0.5, 0.6) is 0 Å². The first-order valence-electron chi connectivity index (χ1n) is 8.93. The van der Waals surface area contributed by atoms with Gasteiger partial charge in [0.25, 0.3) is 0 Å². The molecule has 2 heterocycles. The molecule has 154 valence electrons. The van der Waals surface area contributed by atoms with Crippen molar-refractivity contribution in [3.63, 3.8) is 0 Å². The smallest absolute Gasteiger partial charge is 0.408 e. The summed E-state index contributed by atoms with van der Waals surface area (Å²) < 4.78 is 15.1. The molecule has 0 spiro atoms. The molecule has 2 N–H and O–H groups in total. The number of aryl methyl sites for hydroxylation is 3. The lowest BCUT2D eigenvalue weighted by molar-refractivity contribution is -0.123. The summed E-state index contributed by atoms with van der Waals surface area (Å²) in [5.74, 6) is 1.26. The second-order valence-electron chi connectivity index (χ2n) is 7.37. The average Bonchev–Trinajstić information content (AvgIpc) is 3.17. The van der Waals surface area contributed by atoms with Crippen LogP contribution in [0, 0.1) is 13.8 Å². The van der Waals surface area contributed by atoms with Gasteiger partial charge in [-0.05, 0) is 34.1 Å². The number of aromatic nitrogens is 4. The molecule has 2 atom stereocenters. The zero-order chi connectivity index (χ0) is 20.9. The fourth-order valence-electron chi connectivity index (χ4n) is 2.29. The summed E-state index contributed by atoms with van der Waals surface area (Å²) in [6.07, 6.45) is 0.177. The van der Waals surface area contributed by atoms with Crippen LogP contribution in [0.25, 0.3) is 0 Å². The van der Waals surface area contributed by atoms with E-state index in [1.807, 2.05) is 0 Å². The molecule has 0 radical (unpaired) electrons. The van der Waals surface area contributed by atoms with Crippen molar-refractivity contribution in [3.05, 3.63) is 23.4 Å². The van der Waals surface area contributed by atoms with Gasteiger partial charge in [0.15, 0.2) is 11.6 Å². The second kappa shape index (κ2) is 8.81. The highest BCUT2D eigenvalue weighted by Crippen LogP contribution is 2.16. The molecule has 0 aliphatic heterocycles. The van der Waals surface area contributed by atoms with E-state index in [2.05, 4.69) is 30.9 Å². The zero-order valence-corrected chi connectivity index (χ0v) is 16.9. The summed E-state index contributed by atoms with van der Waals surface area (Å²) >= 11 is 0. The summed E-state index contributed by atoms with van der Waals surface area (Å²) in [5, 5.41) is 13.0. The van der Waals surface area contributed by atoms with Gasteiger partial charge in [0, 0.05) is 20.3 Å². The molecule has 2 amide bonds. The summed E-state index contributed by atoms with van der Waals surface area (Å²) in [6.45, 7) is 10.1. The molecule has 0 aliphatic rings. The SMILES string of the molecule is Cc1nc(CC[C@@H](NC(=O)[C@H](C)NC(=O)OC(C)(C)C)c2noc(C)n2)no1. The molecule has 0 aliphatic carbocycles. The molecule has 11 nitrogen and oxygen atoms in total. The van der Waals surface area contributed by atoms with Gasteiger partial charge in [-0.3, -0.25) is 4.79 Å². The number of nitrogens with one attached hydrogen (secondary N) is 2. The maximum Gasteiger partial charge on any atom is 0.408 e. The number of carbonyl (C=O) groups is 2. The van der Waals surface area contributed by atoms with Crippen LogP contribution in [-0.2, 0) is 16.0 Å². The third kappa shape index (κ3) is 6.63. The Balaban J connectivity index is 2.00. The molecule has 0 fully saturated rings. The molecule has 2 rings (SSSR count). The Bertz CT molecular complexity index is 809. The third-order valence-electron chi connectivity index (χ3n) is 3.52. The van der Waals surface area contributed by atoms with Crippen molar-refractivity contribution in [2.45, 2.75) is 72.1 Å². The second-order valence-corrected chi connectivity index (χ2v) is 7.37. The van der Waals surface area contributed by atoms with E-state index in [0.29, 0.717) is 36.3 Å². The normalized spacial score (nSPS) is 13.6. The maximum atomic E-state index is 12.5. The first-order valence-corrected chi connectivity index (χ1v) is 8.93. The number of alkyl carbamates (subject to hydrolysis) is 1. The Hall–Kier alpha value is -2.98. The van der Waals surface area contributed by atoms with Crippen molar-refractivity contribution >= 4 is 12.0 Å². The highest BCUT2D eigenvalue weighted by atomic mass is 16.6. The summed E-state index contributed by atoms with van der Waals surface area (Å²) in [4.78, 5) is 32.7. The molecule has 0 aromatic carbocycles. The number of hydrogen-bond donors (Lipinski definition) is 2. The number of rotatable bonds is 7. The lowest BCUT2D eigenvalue weighted by Gasteiger charge is -2.22. The summed E-state index contributed by atoms with van der Waals surface area (Å²) in [7, 11) is 0. The Morgan fingerprint density at radius 1 is 1.07 bits per heavy atom. The lowest BCUT2D eigenvalue weighted by atomic mass is 10.1. The topological polar surface area (TPSA) is 145 Å². The minimum atomic E-state index is -0.822. The third-order valence-corrected chi connectivity index (χ3v) is 3.52. The monoisotopic (exact) mass is 394 g/mol. The van der Waals surface area contributed by atoms with E-state index in [9.17, 15) is 9.59 Å². The van der Waals surface area contributed by atoms with Crippen LogP contribution < -0.4 is 10.6 Å². The minimum Gasteiger partial charge on any atom is -0.444 e. The lowest BCUT2D eigenvalue weighted by Crippen LogP contribution is -2.47. The molecular formula is C17H26N6O5. The van der Waals surface area contributed by atoms with Crippen molar-refractivity contribution in [2.24, 2.45) is 0 Å². The van der Waals surface area contributed by atoms with Gasteiger partial charge < -0.3 is 24.4 Å². The van der Waals surface area contributed by atoms with Crippen molar-refractivity contribution in [3.8, 4) is 0 Å².